The zero-order valence-corrected chi connectivity index (χ0v) is 67.0. The number of aliphatic hydroxyl groups excluding tert-OH is 1. The van der Waals surface area contributed by atoms with E-state index in [2.05, 4.69) is 50.8 Å². The van der Waals surface area contributed by atoms with Gasteiger partial charge in [-0.15, -0.1) is 36.8 Å². The van der Waals surface area contributed by atoms with Crippen LogP contribution in [-0.4, -0.2) is 140 Å². The molecule has 9 heterocycles. The van der Waals surface area contributed by atoms with Crippen molar-refractivity contribution in [2.45, 2.75) is 77.5 Å². The van der Waals surface area contributed by atoms with E-state index >= 15 is 0 Å². The van der Waals surface area contributed by atoms with Gasteiger partial charge in [0.2, 0.25) is 11.8 Å². The Morgan fingerprint density at radius 3 is 2.05 bits per heavy atom. The first-order chi connectivity index (χ1) is 55.6. The number of carbonyl (C=O) groups is 2. The first-order valence-electron chi connectivity index (χ1n) is 35.9. The first kappa shape index (κ1) is 84.4. The molecule has 592 valence electrons. The van der Waals surface area contributed by atoms with Crippen molar-refractivity contribution >= 4 is 68.0 Å². The third kappa shape index (κ3) is 22.2. The Bertz CT molecular complexity index is 5740. The lowest BCUT2D eigenvalue weighted by Gasteiger charge is -2.17. The Labute approximate surface area is 674 Å². The fourth-order valence-electron chi connectivity index (χ4n) is 11.1. The van der Waals surface area contributed by atoms with Gasteiger partial charge in [-0.25, -0.2) is 18.9 Å². The molecule has 0 saturated heterocycles. The van der Waals surface area contributed by atoms with E-state index in [1.54, 1.807) is 120 Å². The summed E-state index contributed by atoms with van der Waals surface area (Å²) in [6.07, 6.45) is 8.95. The van der Waals surface area contributed by atoms with E-state index in [4.69, 9.17) is 45.9 Å². The van der Waals surface area contributed by atoms with E-state index < -0.39 is 11.5 Å². The number of ether oxygens (including phenoxy) is 4. The second-order valence-electron chi connectivity index (χ2n) is 25.4. The van der Waals surface area contributed by atoms with Crippen molar-refractivity contribution in [3.05, 3.63) is 310 Å². The minimum atomic E-state index is -0.610. The van der Waals surface area contributed by atoms with Gasteiger partial charge in [0.15, 0.2) is 11.4 Å². The van der Waals surface area contributed by atoms with E-state index in [9.17, 15) is 28.4 Å². The van der Waals surface area contributed by atoms with Crippen LogP contribution in [0, 0.1) is 12.7 Å². The minimum Gasteiger partial charge on any atom is -0.495 e. The Kier molecular flexibility index (Phi) is 30.0. The summed E-state index contributed by atoms with van der Waals surface area (Å²) in [4.78, 5) is 73.6. The van der Waals surface area contributed by atoms with Crippen LogP contribution >= 0.6 is 34.7 Å². The van der Waals surface area contributed by atoms with Crippen molar-refractivity contribution in [1.82, 2.24) is 74.3 Å². The fraction of sp³-hybridized carbons (Fsp3) is 0.217. The number of aliphatic hydroxyl groups is 1. The lowest BCUT2D eigenvalue weighted by molar-refractivity contribution is 0.0519. The maximum absolute atomic E-state index is 13.7. The van der Waals surface area contributed by atoms with Gasteiger partial charge in [-0.3, -0.25) is 24.2 Å². The van der Waals surface area contributed by atoms with Crippen molar-refractivity contribution in [3.8, 4) is 46.0 Å². The Morgan fingerprint density at radius 2 is 1.43 bits per heavy atom. The number of thiophene rings is 1. The number of fused-ring (bicyclic) bond motifs is 1. The van der Waals surface area contributed by atoms with Crippen LogP contribution < -0.4 is 41.5 Å². The lowest BCUT2D eigenvalue weighted by atomic mass is 10.1. The third-order valence-electron chi connectivity index (χ3n) is 17.1. The summed E-state index contributed by atoms with van der Waals surface area (Å²) in [5.41, 5.74) is 17.4. The van der Waals surface area contributed by atoms with Gasteiger partial charge in [-0.1, -0.05) is 121 Å². The number of thioether (sulfide) groups is 1. The van der Waals surface area contributed by atoms with Gasteiger partial charge in [-0.2, -0.15) is 19.6 Å². The Hall–Kier alpha value is -13.1. The van der Waals surface area contributed by atoms with Gasteiger partial charge in [0.05, 0.1) is 102 Å². The molecule has 0 aliphatic rings. The summed E-state index contributed by atoms with van der Waals surface area (Å²) in [5.74, 6) is 0.755. The molecule has 0 saturated carbocycles. The Balaban J connectivity index is 0.000000154. The number of pyridine rings is 1. The average Bonchev–Trinajstić information content (AvgIpc) is 1.65. The SMILES string of the molecule is CCOC(=O)c1nn(-c2ccc(CO)cc2)c(=O)c2c(N)scc12.CCc1nn(-c2ccccc2)c(=O)cc1N(C)C.CCc1nocc1COc1ccc(C(=O)N(C)C)nn1.COc1cc(Cc2ccc(-n3cnc(C)c3)c(OC)c2)c(=O)n(Cc2ccccc2)n1.Fc1cccc(Cl)c1CSc1ccc(-c2ccccn2)nn1. The standard InChI is InChI=1S/C24H24N4O3.C16H11ClFN3S.C16H15N3O4S.C14H17N3O.C13H16N4O3/c1-17-14-27(16-25-17)21-10-9-19(12-22(21)30-2)11-20-13-23(31-3)26-28(24(20)29)15-18-7-5-4-6-8-18;17-12-4-3-5-13(18)11(12)10-22-16-8-7-15(20-21-16)14-6-1-2-9-19-14;1-2-23-16(22)13-11-8-24-14(17)12(11)15(21)19(18-13)10-5-3-9(7-20)4-6-10;1-4-12-13(16(2)3)10-14(18)17(15-12)11-8-6-5-7-9-11;1-4-10-9(8-20-16-10)7-19-12-6-5-11(14-15-12)13(18)17(2)3/h4-10,12-14,16H,11,15H2,1-3H3;1-9H,10H2;3-6,8,20H,2,7,17H2,1H3;5-10H,4H2,1-3H3;5-6,8H,4,7H2,1-3H3. The topological polar surface area (TPSA) is 337 Å². The molecule has 14 aromatic rings. The van der Waals surface area contributed by atoms with Gasteiger partial charge < -0.3 is 48.7 Å². The molecule has 9 aromatic heterocycles. The maximum atomic E-state index is 13.7. The first-order valence-corrected chi connectivity index (χ1v) is 38.2. The molecule has 0 fully saturated rings. The Morgan fingerprint density at radius 1 is 0.696 bits per heavy atom. The predicted octanol–water partition coefficient (Wildman–Crippen LogP) is 12.9. The molecule has 14 rings (SSSR count). The minimum absolute atomic E-state index is 0.0469. The largest absolute Gasteiger partial charge is 0.495 e. The van der Waals surface area contributed by atoms with Crippen LogP contribution in [0.2, 0.25) is 5.02 Å². The van der Waals surface area contributed by atoms with Crippen molar-refractivity contribution < 1.29 is 42.6 Å². The molecule has 28 nitrogen and oxygen atoms in total. The van der Waals surface area contributed by atoms with Gasteiger partial charge >= 0.3 is 5.97 Å². The van der Waals surface area contributed by atoms with Crippen LogP contribution in [0.25, 0.3) is 39.2 Å². The van der Waals surface area contributed by atoms with E-state index in [0.29, 0.717) is 91.3 Å². The molecule has 5 aromatic carbocycles. The number of benzene rings is 5. The number of aryl methyl sites for hydroxylation is 3. The van der Waals surface area contributed by atoms with E-state index in [1.807, 2.05) is 160 Å². The van der Waals surface area contributed by atoms with Crippen molar-refractivity contribution in [2.24, 2.45) is 0 Å². The number of hydrogen-bond donors (Lipinski definition) is 2. The third-order valence-corrected chi connectivity index (χ3v) is 19.2. The summed E-state index contributed by atoms with van der Waals surface area (Å²) < 4.78 is 46.0. The van der Waals surface area contributed by atoms with Gasteiger partial charge in [0.1, 0.15) is 35.2 Å². The normalized spacial score (nSPS) is 10.7. The van der Waals surface area contributed by atoms with Crippen LogP contribution in [0.15, 0.2) is 230 Å². The number of imidazole rings is 1. The summed E-state index contributed by atoms with van der Waals surface area (Å²) in [6, 6.07) is 52.3. The molecule has 0 spiro atoms. The highest BCUT2D eigenvalue weighted by atomic mass is 35.5. The van der Waals surface area contributed by atoms with Crippen molar-refractivity contribution in [2.75, 3.05) is 59.7 Å². The summed E-state index contributed by atoms with van der Waals surface area (Å²) in [5, 5.41) is 45.6. The number of hydrogen-bond acceptors (Lipinski definition) is 25. The molecule has 115 heavy (non-hydrogen) atoms. The maximum Gasteiger partial charge on any atom is 0.359 e. The molecule has 0 aliphatic carbocycles. The van der Waals surface area contributed by atoms with Gasteiger partial charge in [0.25, 0.3) is 22.6 Å². The highest BCUT2D eigenvalue weighted by molar-refractivity contribution is 7.98. The van der Waals surface area contributed by atoms with Gasteiger partial charge in [0, 0.05) is 97.9 Å². The van der Waals surface area contributed by atoms with Crippen LogP contribution in [0.1, 0.15) is 92.2 Å². The van der Waals surface area contributed by atoms with Crippen LogP contribution in [-0.2, 0) is 49.5 Å². The summed E-state index contributed by atoms with van der Waals surface area (Å²) >= 11 is 8.57. The monoisotopic (exact) mass is 1610 g/mol. The molecule has 0 unspecified atom stereocenters. The summed E-state index contributed by atoms with van der Waals surface area (Å²) in [6.45, 7) is 8.45. The molecule has 3 N–H and O–H groups in total. The number of nitrogen functional groups attached to an aromatic ring is 1. The zero-order valence-electron chi connectivity index (χ0n) is 64.6. The van der Waals surface area contributed by atoms with Crippen molar-refractivity contribution in [3.63, 3.8) is 0 Å². The second-order valence-corrected chi connectivity index (χ2v) is 27.7. The molecule has 0 aliphatic heterocycles. The number of rotatable bonds is 23. The smallest absolute Gasteiger partial charge is 0.359 e. The molecular formula is C83H83ClFN17O11S2. The number of halogens is 2. The highest BCUT2D eigenvalue weighted by Crippen LogP contribution is 2.31. The van der Waals surface area contributed by atoms with E-state index in [1.165, 1.54) is 43.4 Å². The number of methoxy groups -OCH3 is 2. The number of anilines is 2. The lowest BCUT2D eigenvalue weighted by Crippen LogP contribution is -2.27. The molecule has 32 heteroatoms. The van der Waals surface area contributed by atoms with Crippen molar-refractivity contribution in [1.29, 1.82) is 0 Å². The molecule has 1 amide bonds. The second kappa shape index (κ2) is 40.9. The number of esters is 1. The van der Waals surface area contributed by atoms with Crippen LogP contribution in [0.3, 0.4) is 0 Å². The average molecular weight is 1610 g/mol. The number of para-hydroxylation sites is 1. The summed E-state index contributed by atoms with van der Waals surface area (Å²) in [7, 11) is 10.3. The molecule has 0 bridgehead atoms. The van der Waals surface area contributed by atoms with Crippen LogP contribution in [0.4, 0.5) is 15.1 Å². The number of aromatic nitrogens is 14. The van der Waals surface area contributed by atoms with E-state index in [-0.39, 0.29) is 52.8 Å². The fourth-order valence-corrected chi connectivity index (χ4v) is 13.1. The highest BCUT2D eigenvalue weighted by Gasteiger charge is 2.23. The van der Waals surface area contributed by atoms with E-state index in [0.717, 1.165) is 74.1 Å². The molecule has 0 atom stereocenters. The van der Waals surface area contributed by atoms with Crippen LogP contribution in [0.5, 0.6) is 17.5 Å². The number of nitrogens with two attached hydrogens (primary N) is 1. The molecule has 0 radical (unpaired) electrons. The van der Waals surface area contributed by atoms with Gasteiger partial charge in [-0.05, 0) is 122 Å². The quantitative estimate of drug-likeness (QED) is 0.0444. The number of carbonyl (C=O) groups excluding carboxylic acids is 2. The number of amides is 1. The zero-order chi connectivity index (χ0) is 82.1. The number of nitrogens with zero attached hydrogens (tertiary/aromatic N) is 16. The predicted molar refractivity (Wildman–Crippen MR) is 440 cm³/mol. The molecular weight excluding hydrogens is 1530 g/mol.